The monoisotopic (exact) mass is 828 g/mol. The van der Waals surface area contributed by atoms with Gasteiger partial charge < -0.3 is 32.7 Å². The SMILES string of the molecule is O=C(OC[C@H]1O[C@@H](OP(=O)(Oc2ccccc2)Oc2ccccc2)[C@H](OC(=O)c2ccccc2)[C@@H](OC(=O)c2ccccc2)[C@H]1OC(=O)c1ccccc1)c1ccccc1. The number of rotatable bonds is 15. The maximum atomic E-state index is 14.9. The summed E-state index contributed by atoms with van der Waals surface area (Å²) in [6.07, 6.45) is -8.80. The molecule has 60 heavy (non-hydrogen) atoms. The molecule has 14 heteroatoms. The van der Waals surface area contributed by atoms with Gasteiger partial charge in [-0.3, -0.25) is 0 Å². The van der Waals surface area contributed by atoms with Crippen molar-refractivity contribution in [2.24, 2.45) is 0 Å². The van der Waals surface area contributed by atoms with Gasteiger partial charge in [0.15, 0.2) is 18.3 Å². The molecular weight excluding hydrogens is 791 g/mol. The summed E-state index contributed by atoms with van der Waals surface area (Å²) in [5.41, 5.74) is 0.460. The number of hydrogen-bond donors (Lipinski definition) is 0. The van der Waals surface area contributed by atoms with Gasteiger partial charge in [0.1, 0.15) is 24.2 Å². The molecule has 1 fully saturated rings. The number of hydrogen-bond acceptors (Lipinski definition) is 13. The molecule has 13 nitrogen and oxygen atoms in total. The lowest BCUT2D eigenvalue weighted by molar-refractivity contribution is -0.278. The fraction of sp³-hybridized carbons (Fsp3) is 0.130. The second-order valence-electron chi connectivity index (χ2n) is 13.1. The van der Waals surface area contributed by atoms with Gasteiger partial charge >= 0.3 is 31.7 Å². The van der Waals surface area contributed by atoms with Crippen LogP contribution < -0.4 is 9.05 Å². The van der Waals surface area contributed by atoms with Crippen LogP contribution in [0.25, 0.3) is 0 Å². The second-order valence-corrected chi connectivity index (χ2v) is 14.5. The predicted octanol–water partition coefficient (Wildman–Crippen LogP) is 8.53. The molecule has 0 radical (unpaired) electrons. The Balaban J connectivity index is 1.33. The minimum atomic E-state index is -4.88. The minimum Gasteiger partial charge on any atom is -0.459 e. The summed E-state index contributed by atoms with van der Waals surface area (Å²) in [6.45, 7) is -0.636. The van der Waals surface area contributed by atoms with E-state index >= 15 is 0 Å². The van der Waals surface area contributed by atoms with Crippen molar-refractivity contribution < 1.29 is 61.0 Å². The zero-order valence-electron chi connectivity index (χ0n) is 31.7. The van der Waals surface area contributed by atoms with E-state index in [1.807, 2.05) is 0 Å². The van der Waals surface area contributed by atoms with Crippen LogP contribution in [0.2, 0.25) is 0 Å². The summed E-state index contributed by atoms with van der Waals surface area (Å²) in [6, 6.07) is 47.7. The largest absolute Gasteiger partial charge is 0.590 e. The molecule has 7 rings (SSSR count). The summed E-state index contributed by atoms with van der Waals surface area (Å²) in [4.78, 5) is 55.0. The highest BCUT2D eigenvalue weighted by Crippen LogP contribution is 2.52. The number of benzene rings is 6. The highest BCUT2D eigenvalue weighted by atomic mass is 31.2. The Kier molecular flexibility index (Phi) is 13.4. The minimum absolute atomic E-state index is 0.0699. The number of carbonyl (C=O) groups excluding carboxylic acids is 4. The van der Waals surface area contributed by atoms with Gasteiger partial charge in [-0.05, 0) is 72.8 Å². The van der Waals surface area contributed by atoms with Gasteiger partial charge in [-0.2, -0.15) is 0 Å². The molecule has 0 spiro atoms. The molecule has 6 aromatic rings. The van der Waals surface area contributed by atoms with E-state index < -0.39 is 69.0 Å². The first-order chi connectivity index (χ1) is 29.2. The third kappa shape index (κ3) is 10.7. The lowest BCUT2D eigenvalue weighted by Crippen LogP contribution is -2.63. The van der Waals surface area contributed by atoms with Crippen LogP contribution in [0, 0.1) is 0 Å². The Labute approximate surface area is 344 Å². The Morgan fingerprint density at radius 1 is 0.433 bits per heavy atom. The quantitative estimate of drug-likeness (QED) is 0.0551. The van der Waals surface area contributed by atoms with Crippen LogP contribution in [0.1, 0.15) is 41.4 Å². The highest BCUT2D eigenvalue weighted by Gasteiger charge is 2.56. The van der Waals surface area contributed by atoms with Crippen molar-refractivity contribution in [2.45, 2.75) is 30.7 Å². The summed E-state index contributed by atoms with van der Waals surface area (Å²) < 4.78 is 63.1. The van der Waals surface area contributed by atoms with Crippen molar-refractivity contribution >= 4 is 31.7 Å². The van der Waals surface area contributed by atoms with Gasteiger partial charge in [0.2, 0.25) is 6.29 Å². The van der Waals surface area contributed by atoms with E-state index in [2.05, 4.69) is 0 Å². The molecule has 1 saturated heterocycles. The third-order valence-corrected chi connectivity index (χ3v) is 10.2. The number of carbonyl (C=O) groups is 4. The molecular formula is C46H37O13P. The van der Waals surface area contributed by atoms with Crippen LogP contribution in [0.15, 0.2) is 182 Å². The molecule has 304 valence electrons. The fourth-order valence-corrected chi connectivity index (χ4v) is 7.33. The smallest absolute Gasteiger partial charge is 0.459 e. The topological polar surface area (TPSA) is 159 Å². The number of phosphoric ester groups is 1. The van der Waals surface area contributed by atoms with Crippen molar-refractivity contribution in [1.29, 1.82) is 0 Å². The van der Waals surface area contributed by atoms with Gasteiger partial charge in [-0.1, -0.05) is 109 Å². The van der Waals surface area contributed by atoms with Crippen molar-refractivity contribution in [1.82, 2.24) is 0 Å². The molecule has 1 heterocycles. The van der Waals surface area contributed by atoms with E-state index in [9.17, 15) is 23.7 Å². The van der Waals surface area contributed by atoms with Gasteiger partial charge in [-0.25, -0.2) is 28.3 Å². The van der Waals surface area contributed by atoms with E-state index in [0.29, 0.717) is 0 Å². The zero-order valence-corrected chi connectivity index (χ0v) is 32.6. The second kappa shape index (κ2) is 19.6. The first-order valence-corrected chi connectivity index (χ1v) is 20.1. The van der Waals surface area contributed by atoms with Gasteiger partial charge in [0.05, 0.1) is 22.3 Å². The van der Waals surface area contributed by atoms with Crippen molar-refractivity contribution in [3.8, 4) is 11.5 Å². The third-order valence-electron chi connectivity index (χ3n) is 8.89. The number of phosphoric acid groups is 1. The Morgan fingerprint density at radius 3 is 1.17 bits per heavy atom. The summed E-state index contributed by atoms with van der Waals surface area (Å²) in [5.74, 6) is -3.38. The van der Waals surface area contributed by atoms with Crippen LogP contribution in [0.3, 0.4) is 0 Å². The standard InChI is InChI=1S/C46H37O13P/c47-42(32-19-7-1-8-20-32)52-31-38-39(54-43(48)33-21-9-2-10-22-33)40(55-44(49)34-23-11-3-12-24-34)41(56-45(50)35-25-13-4-14-26-35)46(53-38)59-60(51,57-36-27-15-5-16-28-36)58-37-29-17-6-18-30-37/h1-30,38-41,46H,31H2/t38-,39+,40+,41-,46+/m1/s1. The average Bonchev–Trinajstić information content (AvgIpc) is 3.29. The Bertz CT molecular complexity index is 2340. The van der Waals surface area contributed by atoms with Crippen LogP contribution in [0.4, 0.5) is 0 Å². The first kappa shape index (κ1) is 41.1. The van der Waals surface area contributed by atoms with Gasteiger partial charge in [0, 0.05) is 0 Å². The van der Waals surface area contributed by atoms with Gasteiger partial charge in [-0.15, -0.1) is 0 Å². The van der Waals surface area contributed by atoms with Crippen LogP contribution >= 0.6 is 7.82 Å². The fourth-order valence-electron chi connectivity index (χ4n) is 6.02. The average molecular weight is 829 g/mol. The Morgan fingerprint density at radius 2 is 0.767 bits per heavy atom. The maximum absolute atomic E-state index is 14.9. The maximum Gasteiger partial charge on any atom is 0.590 e. The molecule has 0 bridgehead atoms. The molecule has 5 atom stereocenters. The van der Waals surface area contributed by atoms with Crippen molar-refractivity contribution in [3.05, 3.63) is 204 Å². The number of esters is 4. The molecule has 0 aromatic heterocycles. The van der Waals surface area contributed by atoms with Crippen LogP contribution in [-0.4, -0.2) is 61.2 Å². The zero-order chi connectivity index (χ0) is 41.7. The van der Waals surface area contributed by atoms with Crippen molar-refractivity contribution in [2.75, 3.05) is 6.61 Å². The molecule has 1 aliphatic rings. The summed E-state index contributed by atoms with van der Waals surface area (Å²) in [5, 5.41) is 0. The summed E-state index contributed by atoms with van der Waals surface area (Å²) in [7, 11) is -4.88. The summed E-state index contributed by atoms with van der Waals surface area (Å²) >= 11 is 0. The molecule has 0 aliphatic carbocycles. The molecule has 0 amide bonds. The normalized spacial score (nSPS) is 18.6. The highest BCUT2D eigenvalue weighted by molar-refractivity contribution is 7.49. The van der Waals surface area contributed by atoms with E-state index in [-0.39, 0.29) is 33.8 Å². The molecule has 0 unspecified atom stereocenters. The first-order valence-electron chi connectivity index (χ1n) is 18.7. The Hall–Kier alpha value is -7.05. The van der Waals surface area contributed by atoms with Crippen LogP contribution in [-0.2, 0) is 32.8 Å². The van der Waals surface area contributed by atoms with Crippen molar-refractivity contribution in [3.63, 3.8) is 0 Å². The van der Waals surface area contributed by atoms with Crippen LogP contribution in [0.5, 0.6) is 11.5 Å². The number of ether oxygens (including phenoxy) is 5. The lowest BCUT2D eigenvalue weighted by atomic mass is 9.97. The van der Waals surface area contributed by atoms with E-state index in [1.54, 1.807) is 109 Å². The molecule has 1 aliphatic heterocycles. The van der Waals surface area contributed by atoms with Gasteiger partial charge in [0.25, 0.3) is 0 Å². The molecule has 0 saturated carbocycles. The van der Waals surface area contributed by atoms with E-state index in [1.165, 1.54) is 72.8 Å². The van der Waals surface area contributed by atoms with E-state index in [0.717, 1.165) is 0 Å². The molecule has 6 aromatic carbocycles. The number of para-hydroxylation sites is 2. The predicted molar refractivity (Wildman–Crippen MR) is 215 cm³/mol. The van der Waals surface area contributed by atoms with E-state index in [4.69, 9.17) is 37.3 Å². The molecule has 0 N–H and O–H groups in total. The lowest BCUT2D eigenvalue weighted by Gasteiger charge is -2.44.